The topological polar surface area (TPSA) is 9.23 Å². The molecule has 0 fully saturated rings. The van der Waals surface area contributed by atoms with Gasteiger partial charge in [-0.25, -0.2) is 0 Å². The van der Waals surface area contributed by atoms with Crippen LogP contribution in [0.25, 0.3) is 0 Å². The first-order chi connectivity index (χ1) is 6.79. The van der Waals surface area contributed by atoms with Gasteiger partial charge in [-0.3, -0.25) is 0 Å². The van der Waals surface area contributed by atoms with E-state index in [2.05, 4.69) is 38.2 Å². The molecule has 2 aliphatic carbocycles. The van der Waals surface area contributed by atoms with Crippen LogP contribution in [-0.2, 0) is 4.74 Å². The van der Waals surface area contributed by atoms with Crippen LogP contribution in [0.5, 0.6) is 0 Å². The molecule has 1 unspecified atom stereocenters. The number of ether oxygens (including phenoxy) is 1. The zero-order valence-electron chi connectivity index (χ0n) is 8.99. The monoisotopic (exact) mass is 190 g/mol. The maximum atomic E-state index is 5.60. The normalized spacial score (nSPS) is 30.7. The highest BCUT2D eigenvalue weighted by atomic mass is 16.5. The SMILES string of the molecule is CCOC1C=CC2=C(C=C[C@@H](C)C2)C1. The molecule has 0 saturated heterocycles. The van der Waals surface area contributed by atoms with Crippen LogP contribution in [0.3, 0.4) is 0 Å². The summed E-state index contributed by atoms with van der Waals surface area (Å²) in [5.41, 5.74) is 2.99. The van der Waals surface area contributed by atoms with Crippen molar-refractivity contribution in [2.45, 2.75) is 32.8 Å². The predicted octanol–water partition coefficient (Wildman–Crippen LogP) is 3.24. The van der Waals surface area contributed by atoms with Crippen LogP contribution in [0.2, 0.25) is 0 Å². The third kappa shape index (κ3) is 1.98. The molecule has 0 aliphatic heterocycles. The Balaban J connectivity index is 2.07. The Hall–Kier alpha value is -0.820. The average Bonchev–Trinajstić information content (AvgIpc) is 2.19. The van der Waals surface area contributed by atoms with E-state index in [1.165, 1.54) is 17.6 Å². The minimum Gasteiger partial charge on any atom is -0.374 e. The zero-order valence-corrected chi connectivity index (χ0v) is 8.99. The molecule has 2 atom stereocenters. The Kier molecular flexibility index (Phi) is 2.87. The molecule has 14 heavy (non-hydrogen) atoms. The van der Waals surface area contributed by atoms with Crippen molar-refractivity contribution in [3.8, 4) is 0 Å². The largest absolute Gasteiger partial charge is 0.374 e. The van der Waals surface area contributed by atoms with Crippen molar-refractivity contribution >= 4 is 0 Å². The molecule has 0 saturated carbocycles. The van der Waals surface area contributed by atoms with Gasteiger partial charge >= 0.3 is 0 Å². The van der Waals surface area contributed by atoms with Crippen LogP contribution in [-0.4, -0.2) is 12.7 Å². The fourth-order valence-corrected chi connectivity index (χ4v) is 2.14. The molecule has 0 aromatic rings. The van der Waals surface area contributed by atoms with E-state index in [9.17, 15) is 0 Å². The fourth-order valence-electron chi connectivity index (χ4n) is 2.14. The van der Waals surface area contributed by atoms with Gasteiger partial charge in [0.2, 0.25) is 0 Å². The van der Waals surface area contributed by atoms with E-state index in [0.29, 0.717) is 12.0 Å². The predicted molar refractivity (Wildman–Crippen MR) is 59.1 cm³/mol. The van der Waals surface area contributed by atoms with E-state index >= 15 is 0 Å². The summed E-state index contributed by atoms with van der Waals surface area (Å²) in [4.78, 5) is 0. The third-order valence-electron chi connectivity index (χ3n) is 2.89. The molecule has 0 aromatic heterocycles. The second-order valence-electron chi connectivity index (χ2n) is 4.15. The lowest BCUT2D eigenvalue weighted by atomic mass is 9.85. The van der Waals surface area contributed by atoms with E-state index in [-0.39, 0.29) is 0 Å². The van der Waals surface area contributed by atoms with Crippen molar-refractivity contribution < 1.29 is 4.74 Å². The summed E-state index contributed by atoms with van der Waals surface area (Å²) in [6.45, 7) is 5.12. The molecule has 76 valence electrons. The van der Waals surface area contributed by atoms with Crippen molar-refractivity contribution in [1.82, 2.24) is 0 Å². The number of hydrogen-bond acceptors (Lipinski definition) is 1. The smallest absolute Gasteiger partial charge is 0.0799 e. The molecular weight excluding hydrogens is 172 g/mol. The van der Waals surface area contributed by atoms with E-state index in [0.717, 1.165) is 13.0 Å². The first-order valence-corrected chi connectivity index (χ1v) is 5.49. The second-order valence-corrected chi connectivity index (χ2v) is 4.15. The molecule has 1 nitrogen and oxygen atoms in total. The molecule has 0 aromatic carbocycles. The lowest BCUT2D eigenvalue weighted by molar-refractivity contribution is 0.0958. The van der Waals surface area contributed by atoms with Crippen LogP contribution in [0.1, 0.15) is 26.7 Å². The summed E-state index contributed by atoms with van der Waals surface area (Å²) < 4.78 is 5.60. The Morgan fingerprint density at radius 2 is 1.93 bits per heavy atom. The van der Waals surface area contributed by atoms with Crippen LogP contribution >= 0.6 is 0 Å². The number of hydrogen-bond donors (Lipinski definition) is 0. The van der Waals surface area contributed by atoms with Crippen molar-refractivity contribution in [2.75, 3.05) is 6.61 Å². The third-order valence-corrected chi connectivity index (χ3v) is 2.89. The van der Waals surface area contributed by atoms with Crippen molar-refractivity contribution in [3.05, 3.63) is 35.5 Å². The first kappa shape index (κ1) is 9.72. The summed E-state index contributed by atoms with van der Waals surface area (Å²) in [7, 11) is 0. The van der Waals surface area contributed by atoms with E-state index in [1.807, 2.05) is 0 Å². The summed E-state index contributed by atoms with van der Waals surface area (Å²) in [6, 6.07) is 0. The van der Waals surface area contributed by atoms with Gasteiger partial charge in [-0.2, -0.15) is 0 Å². The van der Waals surface area contributed by atoms with Crippen molar-refractivity contribution in [3.63, 3.8) is 0 Å². The average molecular weight is 190 g/mol. The van der Waals surface area contributed by atoms with Gasteiger partial charge < -0.3 is 4.74 Å². The molecule has 2 aliphatic rings. The standard InChI is InChI=1S/C13H18O/c1-3-14-13-7-6-11-8-10(2)4-5-12(11)9-13/h4-7,10,13H,3,8-9H2,1-2H3/t10-,13?/m1/s1. The number of allylic oxidation sites excluding steroid dienone is 4. The summed E-state index contributed by atoms with van der Waals surface area (Å²) >= 11 is 0. The highest BCUT2D eigenvalue weighted by Gasteiger charge is 2.18. The molecular formula is C13H18O. The molecule has 0 bridgehead atoms. The summed E-state index contributed by atoms with van der Waals surface area (Å²) in [5, 5.41) is 0. The van der Waals surface area contributed by atoms with Gasteiger partial charge in [0.15, 0.2) is 0 Å². The summed E-state index contributed by atoms with van der Waals surface area (Å²) in [5.74, 6) is 0.696. The van der Waals surface area contributed by atoms with Gasteiger partial charge in [0.25, 0.3) is 0 Å². The summed E-state index contributed by atoms with van der Waals surface area (Å²) in [6.07, 6.45) is 11.6. The molecule has 0 heterocycles. The van der Waals surface area contributed by atoms with E-state index < -0.39 is 0 Å². The van der Waals surface area contributed by atoms with Crippen LogP contribution in [0.15, 0.2) is 35.5 Å². The second kappa shape index (κ2) is 4.14. The van der Waals surface area contributed by atoms with Crippen LogP contribution < -0.4 is 0 Å². The van der Waals surface area contributed by atoms with Crippen LogP contribution in [0, 0.1) is 5.92 Å². The highest BCUT2D eigenvalue weighted by molar-refractivity contribution is 5.40. The molecule has 0 spiro atoms. The van der Waals surface area contributed by atoms with Gasteiger partial charge in [0.1, 0.15) is 0 Å². The molecule has 0 N–H and O–H groups in total. The Morgan fingerprint density at radius 3 is 2.71 bits per heavy atom. The van der Waals surface area contributed by atoms with Gasteiger partial charge in [-0.05, 0) is 30.4 Å². The van der Waals surface area contributed by atoms with Gasteiger partial charge in [0.05, 0.1) is 6.10 Å². The first-order valence-electron chi connectivity index (χ1n) is 5.49. The van der Waals surface area contributed by atoms with Crippen molar-refractivity contribution in [1.29, 1.82) is 0 Å². The number of rotatable bonds is 2. The molecule has 0 amide bonds. The lowest BCUT2D eigenvalue weighted by Crippen LogP contribution is -2.16. The fraction of sp³-hybridized carbons (Fsp3) is 0.538. The maximum Gasteiger partial charge on any atom is 0.0799 e. The van der Waals surface area contributed by atoms with Gasteiger partial charge in [0, 0.05) is 13.0 Å². The minimum absolute atomic E-state index is 0.303. The van der Waals surface area contributed by atoms with E-state index in [4.69, 9.17) is 4.74 Å². The lowest BCUT2D eigenvalue weighted by Gasteiger charge is -2.25. The molecule has 0 radical (unpaired) electrons. The highest BCUT2D eigenvalue weighted by Crippen LogP contribution is 2.31. The maximum absolute atomic E-state index is 5.60. The molecule has 1 heteroatoms. The quantitative estimate of drug-likeness (QED) is 0.649. The zero-order chi connectivity index (χ0) is 9.97. The van der Waals surface area contributed by atoms with Crippen LogP contribution in [0.4, 0.5) is 0 Å². The van der Waals surface area contributed by atoms with Gasteiger partial charge in [-0.1, -0.05) is 31.2 Å². The molecule has 2 rings (SSSR count). The Labute approximate surface area is 86.2 Å². The van der Waals surface area contributed by atoms with Crippen molar-refractivity contribution in [2.24, 2.45) is 5.92 Å². The Morgan fingerprint density at radius 1 is 1.21 bits per heavy atom. The van der Waals surface area contributed by atoms with Gasteiger partial charge in [-0.15, -0.1) is 0 Å². The Bertz CT molecular complexity index is 296. The minimum atomic E-state index is 0.303. The van der Waals surface area contributed by atoms with E-state index in [1.54, 1.807) is 0 Å².